The van der Waals surface area contributed by atoms with E-state index in [0.29, 0.717) is 12.2 Å². The van der Waals surface area contributed by atoms with Gasteiger partial charge in [-0.1, -0.05) is 19.1 Å². The maximum Gasteiger partial charge on any atom is 0.235 e. The molecule has 0 atom stereocenters. The molecule has 0 heterocycles. The van der Waals surface area contributed by atoms with Gasteiger partial charge < -0.3 is 15.2 Å². The maximum atomic E-state index is 13.8. The molecular formula is C18H23FN2O4S. The highest BCUT2D eigenvalue weighted by molar-refractivity contribution is 7.92. The summed E-state index contributed by atoms with van der Waals surface area (Å²) in [5.74, 6) is -0.0507. The molecule has 0 aliphatic rings. The molecule has 142 valence electrons. The van der Waals surface area contributed by atoms with E-state index in [4.69, 9.17) is 15.2 Å². The van der Waals surface area contributed by atoms with E-state index in [1.54, 1.807) is 38.3 Å². The second-order valence-corrected chi connectivity index (χ2v) is 7.70. The van der Waals surface area contributed by atoms with Crippen molar-refractivity contribution in [2.24, 2.45) is 0 Å². The number of sulfonamides is 1. The number of rotatable bonds is 8. The summed E-state index contributed by atoms with van der Waals surface area (Å²) in [7, 11) is -0.777. The minimum atomic E-state index is -3.66. The first-order chi connectivity index (χ1) is 12.3. The highest BCUT2D eigenvalue weighted by atomic mass is 32.2. The Morgan fingerprint density at radius 2 is 1.73 bits per heavy atom. The SMILES string of the molecule is CCCS(=O)(=O)N(Cc1ccc(OC)cc1)c1ccc(F)c(N)c1OC. The summed E-state index contributed by atoms with van der Waals surface area (Å²) in [6.07, 6.45) is 0.445. The van der Waals surface area contributed by atoms with E-state index in [1.807, 2.05) is 0 Å². The molecule has 2 aromatic rings. The second-order valence-electron chi connectivity index (χ2n) is 5.68. The van der Waals surface area contributed by atoms with Crippen molar-refractivity contribution in [1.29, 1.82) is 0 Å². The van der Waals surface area contributed by atoms with Crippen molar-refractivity contribution in [1.82, 2.24) is 0 Å². The van der Waals surface area contributed by atoms with Gasteiger partial charge in [0.1, 0.15) is 17.3 Å². The lowest BCUT2D eigenvalue weighted by Gasteiger charge is -2.26. The van der Waals surface area contributed by atoms with Crippen molar-refractivity contribution in [3.8, 4) is 11.5 Å². The van der Waals surface area contributed by atoms with Gasteiger partial charge >= 0.3 is 0 Å². The summed E-state index contributed by atoms with van der Waals surface area (Å²) in [6, 6.07) is 9.53. The Balaban J connectivity index is 2.53. The monoisotopic (exact) mass is 382 g/mol. The molecule has 0 bridgehead atoms. The zero-order valence-corrected chi connectivity index (χ0v) is 15.8. The van der Waals surface area contributed by atoms with Crippen LogP contribution in [0.25, 0.3) is 0 Å². The molecule has 0 fully saturated rings. The van der Waals surface area contributed by atoms with Crippen molar-refractivity contribution < 1.29 is 22.3 Å². The topological polar surface area (TPSA) is 81.9 Å². The average Bonchev–Trinajstić information content (AvgIpc) is 2.62. The van der Waals surface area contributed by atoms with Gasteiger partial charge in [-0.15, -0.1) is 0 Å². The minimum absolute atomic E-state index is 0.00168. The second kappa shape index (κ2) is 8.27. The molecule has 2 N–H and O–H groups in total. The van der Waals surface area contributed by atoms with E-state index in [0.717, 1.165) is 11.6 Å². The van der Waals surface area contributed by atoms with Gasteiger partial charge in [-0.3, -0.25) is 4.31 Å². The molecule has 26 heavy (non-hydrogen) atoms. The van der Waals surface area contributed by atoms with Crippen LogP contribution in [0.4, 0.5) is 15.8 Å². The number of hydrogen-bond acceptors (Lipinski definition) is 5. The van der Waals surface area contributed by atoms with Gasteiger partial charge in [0.25, 0.3) is 0 Å². The van der Waals surface area contributed by atoms with Crippen molar-refractivity contribution in [3.63, 3.8) is 0 Å². The van der Waals surface area contributed by atoms with E-state index < -0.39 is 15.8 Å². The Hall–Kier alpha value is -2.48. The largest absolute Gasteiger partial charge is 0.497 e. The quantitative estimate of drug-likeness (QED) is 0.709. The summed E-state index contributed by atoms with van der Waals surface area (Å²) in [5.41, 5.74) is 6.47. The van der Waals surface area contributed by atoms with Gasteiger partial charge in [0.05, 0.1) is 32.2 Å². The van der Waals surface area contributed by atoms with Gasteiger partial charge in [0.15, 0.2) is 5.75 Å². The minimum Gasteiger partial charge on any atom is -0.497 e. The number of halogens is 1. The van der Waals surface area contributed by atoms with Gasteiger partial charge in [-0.25, -0.2) is 12.8 Å². The Labute approximate surface area is 153 Å². The maximum absolute atomic E-state index is 13.8. The van der Waals surface area contributed by atoms with Crippen LogP contribution in [0.15, 0.2) is 36.4 Å². The lowest BCUT2D eigenvalue weighted by Crippen LogP contribution is -2.33. The predicted molar refractivity (Wildman–Crippen MR) is 101 cm³/mol. The van der Waals surface area contributed by atoms with E-state index in [9.17, 15) is 12.8 Å². The Morgan fingerprint density at radius 3 is 2.27 bits per heavy atom. The predicted octanol–water partition coefficient (Wildman–Crippen LogP) is 3.17. The van der Waals surface area contributed by atoms with Gasteiger partial charge in [0, 0.05) is 0 Å². The summed E-state index contributed by atoms with van der Waals surface area (Å²) < 4.78 is 51.0. The fourth-order valence-corrected chi connectivity index (χ4v) is 4.10. The van der Waals surface area contributed by atoms with Crippen molar-refractivity contribution >= 4 is 21.4 Å². The van der Waals surface area contributed by atoms with Gasteiger partial charge in [0.2, 0.25) is 10.0 Å². The normalized spacial score (nSPS) is 11.2. The standard InChI is InChI=1S/C18H23FN2O4S/c1-4-11-26(22,23)21(12-13-5-7-14(24-2)8-6-13)16-10-9-15(19)17(20)18(16)25-3/h5-10H,4,11-12,20H2,1-3H3. The first kappa shape index (κ1) is 19.8. The molecule has 0 spiro atoms. The fraction of sp³-hybridized carbons (Fsp3) is 0.333. The van der Waals surface area contributed by atoms with Crippen LogP contribution in [0.3, 0.4) is 0 Å². The molecule has 0 radical (unpaired) electrons. The molecule has 0 unspecified atom stereocenters. The van der Waals surface area contributed by atoms with Crippen LogP contribution in [0.2, 0.25) is 0 Å². The molecular weight excluding hydrogens is 359 g/mol. The molecule has 0 aliphatic heterocycles. The molecule has 8 heteroatoms. The average molecular weight is 382 g/mol. The van der Waals surface area contributed by atoms with Crippen LogP contribution in [-0.2, 0) is 16.6 Å². The van der Waals surface area contributed by atoms with Gasteiger partial charge in [-0.05, 0) is 36.2 Å². The first-order valence-corrected chi connectivity index (χ1v) is 9.70. The molecule has 6 nitrogen and oxygen atoms in total. The number of nitrogens with two attached hydrogens (primary N) is 1. The molecule has 0 aliphatic carbocycles. The van der Waals surface area contributed by atoms with Crippen LogP contribution in [0, 0.1) is 5.82 Å². The smallest absolute Gasteiger partial charge is 0.235 e. The molecule has 0 aromatic heterocycles. The molecule has 2 rings (SSSR count). The Kier molecular flexibility index (Phi) is 6.31. The lowest BCUT2D eigenvalue weighted by atomic mass is 10.2. The summed E-state index contributed by atoms with van der Waals surface area (Å²) in [4.78, 5) is 0. The highest BCUT2D eigenvalue weighted by Gasteiger charge is 2.27. The van der Waals surface area contributed by atoms with E-state index in [1.165, 1.54) is 17.5 Å². The third-order valence-electron chi connectivity index (χ3n) is 3.88. The van der Waals surface area contributed by atoms with Crippen LogP contribution in [-0.4, -0.2) is 28.4 Å². The number of ether oxygens (including phenoxy) is 2. The Bertz CT molecular complexity index is 854. The number of hydrogen-bond donors (Lipinski definition) is 1. The number of methoxy groups -OCH3 is 2. The third-order valence-corrected chi connectivity index (χ3v) is 5.80. The van der Waals surface area contributed by atoms with E-state index >= 15 is 0 Å². The van der Waals surface area contributed by atoms with E-state index in [-0.39, 0.29) is 29.4 Å². The van der Waals surface area contributed by atoms with Crippen LogP contribution < -0.4 is 19.5 Å². The molecule has 0 amide bonds. The highest BCUT2D eigenvalue weighted by Crippen LogP contribution is 2.38. The Morgan fingerprint density at radius 1 is 1.08 bits per heavy atom. The zero-order chi connectivity index (χ0) is 19.3. The van der Waals surface area contributed by atoms with Crippen molar-refractivity contribution in [3.05, 3.63) is 47.8 Å². The zero-order valence-electron chi connectivity index (χ0n) is 15.0. The molecule has 0 saturated carbocycles. The van der Waals surface area contributed by atoms with Crippen molar-refractivity contribution in [2.45, 2.75) is 19.9 Å². The summed E-state index contributed by atoms with van der Waals surface area (Å²) >= 11 is 0. The van der Waals surface area contributed by atoms with Crippen molar-refractivity contribution in [2.75, 3.05) is 30.0 Å². The van der Waals surface area contributed by atoms with Crippen LogP contribution in [0.5, 0.6) is 11.5 Å². The number of nitrogen functional groups attached to an aromatic ring is 1. The number of nitrogens with zero attached hydrogens (tertiary/aromatic N) is 1. The van der Waals surface area contributed by atoms with Crippen LogP contribution in [0.1, 0.15) is 18.9 Å². The summed E-state index contributed by atoms with van der Waals surface area (Å²) in [5, 5.41) is 0. The molecule has 0 saturated heterocycles. The number of benzene rings is 2. The first-order valence-electron chi connectivity index (χ1n) is 8.09. The van der Waals surface area contributed by atoms with Gasteiger partial charge in [-0.2, -0.15) is 0 Å². The lowest BCUT2D eigenvalue weighted by molar-refractivity contribution is 0.414. The van der Waals surface area contributed by atoms with E-state index in [2.05, 4.69) is 0 Å². The fourth-order valence-electron chi connectivity index (χ4n) is 2.57. The van der Waals surface area contributed by atoms with Crippen LogP contribution >= 0.6 is 0 Å². The number of anilines is 2. The summed E-state index contributed by atoms with van der Waals surface area (Å²) in [6.45, 7) is 1.84. The third kappa shape index (κ3) is 4.19. The molecule has 2 aromatic carbocycles.